The first-order valence-electron chi connectivity index (χ1n) is 12.0. The number of nitrogens with zero attached hydrogens (tertiary/aromatic N) is 2. The third-order valence-corrected chi connectivity index (χ3v) is 6.16. The van der Waals surface area contributed by atoms with Crippen LogP contribution in [-0.4, -0.2) is 56.7 Å². The molecule has 0 N–H and O–H groups in total. The van der Waals surface area contributed by atoms with Crippen molar-refractivity contribution in [1.82, 2.24) is 9.80 Å². The number of hydrogen-bond acceptors (Lipinski definition) is 4. The molecule has 0 amide bonds. The van der Waals surface area contributed by atoms with Crippen LogP contribution in [0.5, 0.6) is 11.5 Å². The second-order valence-corrected chi connectivity index (χ2v) is 9.19. The van der Waals surface area contributed by atoms with Gasteiger partial charge in [-0.3, -0.25) is 9.80 Å². The van der Waals surface area contributed by atoms with Crippen LogP contribution in [0.2, 0.25) is 0 Å². The van der Waals surface area contributed by atoms with Gasteiger partial charge in [-0.05, 0) is 59.4 Å². The summed E-state index contributed by atoms with van der Waals surface area (Å²) in [5.74, 6) is 1.67. The highest BCUT2D eigenvalue weighted by Crippen LogP contribution is 2.31. The molecule has 1 fully saturated rings. The van der Waals surface area contributed by atoms with Crippen LogP contribution in [-0.2, 0) is 6.54 Å². The standard InChI is InChI=1S/C28H44N2O2/c1-23(2)10-7-11-24(3)12-8-13-25(4)16-17-29-18-20-30(21-19-29)22-26-14-9-15-27(31-5)28(26)32-6/h9-10,12,14-16H,7-8,11,13,17-22H2,1-6H3/b24-12+,25-16+. The minimum Gasteiger partial charge on any atom is -0.493 e. The van der Waals surface area contributed by atoms with Crippen molar-refractivity contribution in [2.75, 3.05) is 46.9 Å². The molecule has 178 valence electrons. The highest BCUT2D eigenvalue weighted by atomic mass is 16.5. The van der Waals surface area contributed by atoms with Crippen molar-refractivity contribution in [2.24, 2.45) is 0 Å². The van der Waals surface area contributed by atoms with Crippen LogP contribution in [0.15, 0.2) is 53.1 Å². The molecule has 4 nitrogen and oxygen atoms in total. The monoisotopic (exact) mass is 440 g/mol. The largest absolute Gasteiger partial charge is 0.493 e. The normalized spacial score (nSPS) is 16.2. The molecule has 0 bridgehead atoms. The van der Waals surface area contributed by atoms with Crippen molar-refractivity contribution in [3.8, 4) is 11.5 Å². The van der Waals surface area contributed by atoms with Crippen molar-refractivity contribution < 1.29 is 9.47 Å². The van der Waals surface area contributed by atoms with Crippen LogP contribution >= 0.6 is 0 Å². The zero-order valence-electron chi connectivity index (χ0n) is 21.2. The van der Waals surface area contributed by atoms with E-state index in [9.17, 15) is 0 Å². The van der Waals surface area contributed by atoms with Crippen molar-refractivity contribution in [1.29, 1.82) is 0 Å². The van der Waals surface area contributed by atoms with E-state index in [0.717, 1.165) is 70.0 Å². The van der Waals surface area contributed by atoms with Gasteiger partial charge in [0.05, 0.1) is 14.2 Å². The van der Waals surface area contributed by atoms with E-state index in [-0.39, 0.29) is 0 Å². The first-order chi connectivity index (χ1) is 15.4. The first kappa shape index (κ1) is 26.2. The lowest BCUT2D eigenvalue weighted by molar-refractivity contribution is 0.135. The molecule has 1 aromatic carbocycles. The van der Waals surface area contributed by atoms with Crippen molar-refractivity contribution in [2.45, 2.75) is 59.9 Å². The molecule has 0 radical (unpaired) electrons. The number of methoxy groups -OCH3 is 2. The molecule has 0 aromatic heterocycles. The summed E-state index contributed by atoms with van der Waals surface area (Å²) in [6.07, 6.45) is 11.8. The van der Waals surface area contributed by atoms with E-state index in [0.29, 0.717) is 0 Å². The Kier molecular flexibility index (Phi) is 11.6. The number of allylic oxidation sites excluding steroid dienone is 5. The molecule has 1 aliphatic rings. The molecule has 4 heteroatoms. The van der Waals surface area contributed by atoms with Gasteiger partial charge in [0.1, 0.15) is 0 Å². The summed E-state index contributed by atoms with van der Waals surface area (Å²) >= 11 is 0. The Morgan fingerprint density at radius 3 is 2.06 bits per heavy atom. The summed E-state index contributed by atoms with van der Waals surface area (Å²) in [5.41, 5.74) is 5.62. The van der Waals surface area contributed by atoms with Gasteiger partial charge in [0.25, 0.3) is 0 Å². The molecule has 0 spiro atoms. The summed E-state index contributed by atoms with van der Waals surface area (Å²) in [5, 5.41) is 0. The number of rotatable bonds is 12. The van der Waals surface area contributed by atoms with Crippen molar-refractivity contribution >= 4 is 0 Å². The second kappa shape index (κ2) is 14.2. The fourth-order valence-electron chi connectivity index (χ4n) is 4.07. The fourth-order valence-corrected chi connectivity index (χ4v) is 4.07. The van der Waals surface area contributed by atoms with E-state index in [1.807, 2.05) is 12.1 Å². The molecule has 2 rings (SSSR count). The van der Waals surface area contributed by atoms with Crippen LogP contribution in [0.3, 0.4) is 0 Å². The lowest BCUT2D eigenvalue weighted by atomic mass is 10.1. The van der Waals surface area contributed by atoms with E-state index >= 15 is 0 Å². The van der Waals surface area contributed by atoms with Gasteiger partial charge in [-0.25, -0.2) is 0 Å². The molecule has 1 aliphatic heterocycles. The van der Waals surface area contributed by atoms with Crippen molar-refractivity contribution in [3.05, 3.63) is 58.7 Å². The maximum Gasteiger partial charge on any atom is 0.165 e. The zero-order valence-corrected chi connectivity index (χ0v) is 21.2. The smallest absolute Gasteiger partial charge is 0.165 e. The molecular weight excluding hydrogens is 396 g/mol. The van der Waals surface area contributed by atoms with Crippen LogP contribution < -0.4 is 9.47 Å². The first-order valence-corrected chi connectivity index (χ1v) is 12.0. The molecule has 1 saturated heterocycles. The van der Waals surface area contributed by atoms with Gasteiger partial charge >= 0.3 is 0 Å². The molecular formula is C28H44N2O2. The summed E-state index contributed by atoms with van der Waals surface area (Å²) in [6.45, 7) is 15.2. The molecule has 1 aromatic rings. The summed E-state index contributed by atoms with van der Waals surface area (Å²) in [6, 6.07) is 6.13. The molecule has 32 heavy (non-hydrogen) atoms. The average Bonchev–Trinajstić information content (AvgIpc) is 2.78. The van der Waals surface area contributed by atoms with E-state index in [4.69, 9.17) is 9.47 Å². The number of ether oxygens (including phenoxy) is 2. The summed E-state index contributed by atoms with van der Waals surface area (Å²) in [7, 11) is 3.41. The number of para-hydroxylation sites is 1. The maximum absolute atomic E-state index is 5.59. The molecule has 1 heterocycles. The van der Waals surface area contributed by atoms with Crippen LogP contribution in [0, 0.1) is 0 Å². The highest BCUT2D eigenvalue weighted by Gasteiger charge is 2.18. The summed E-state index contributed by atoms with van der Waals surface area (Å²) in [4.78, 5) is 5.07. The van der Waals surface area contributed by atoms with Crippen LogP contribution in [0.1, 0.15) is 58.9 Å². The Hall–Kier alpha value is -2.04. The number of hydrogen-bond donors (Lipinski definition) is 0. The van der Waals surface area contributed by atoms with Gasteiger partial charge in [-0.15, -0.1) is 0 Å². The minimum absolute atomic E-state index is 0.808. The van der Waals surface area contributed by atoms with E-state index in [1.54, 1.807) is 14.2 Å². The summed E-state index contributed by atoms with van der Waals surface area (Å²) < 4.78 is 11.0. The lowest BCUT2D eigenvalue weighted by Gasteiger charge is -2.34. The van der Waals surface area contributed by atoms with Crippen molar-refractivity contribution in [3.63, 3.8) is 0 Å². The number of benzene rings is 1. The SMILES string of the molecule is COc1cccc(CN2CCN(C/C=C(\C)CC/C=C(\C)CCC=C(C)C)CC2)c1OC. The van der Waals surface area contributed by atoms with Gasteiger partial charge in [0.2, 0.25) is 0 Å². The Morgan fingerprint density at radius 1 is 0.812 bits per heavy atom. The van der Waals surface area contributed by atoms with Crippen LogP contribution in [0.4, 0.5) is 0 Å². The number of piperazine rings is 1. The van der Waals surface area contributed by atoms with Gasteiger partial charge in [0.15, 0.2) is 11.5 Å². The third kappa shape index (κ3) is 9.22. The van der Waals surface area contributed by atoms with Crippen LogP contribution in [0.25, 0.3) is 0 Å². The Morgan fingerprint density at radius 2 is 1.44 bits per heavy atom. The van der Waals surface area contributed by atoms with E-state index in [2.05, 4.69) is 61.8 Å². The maximum atomic E-state index is 5.59. The zero-order chi connectivity index (χ0) is 23.3. The second-order valence-electron chi connectivity index (χ2n) is 9.19. The van der Waals surface area contributed by atoms with Gasteiger partial charge in [0, 0.05) is 44.8 Å². The minimum atomic E-state index is 0.808. The predicted molar refractivity (Wildman–Crippen MR) is 137 cm³/mol. The Bertz CT molecular complexity index is 783. The molecule has 0 unspecified atom stereocenters. The van der Waals surface area contributed by atoms with Gasteiger partial charge in [-0.1, -0.05) is 47.1 Å². The third-order valence-electron chi connectivity index (χ3n) is 6.16. The molecule has 0 aliphatic carbocycles. The molecule has 0 saturated carbocycles. The van der Waals surface area contributed by atoms with Gasteiger partial charge in [-0.2, -0.15) is 0 Å². The van der Waals surface area contributed by atoms with E-state index in [1.165, 1.54) is 28.7 Å². The molecule has 0 atom stereocenters. The van der Waals surface area contributed by atoms with Gasteiger partial charge < -0.3 is 9.47 Å². The predicted octanol–water partition coefficient (Wildman–Crippen LogP) is 6.24. The van der Waals surface area contributed by atoms with E-state index < -0.39 is 0 Å². The Labute approximate surface area is 196 Å². The highest BCUT2D eigenvalue weighted by molar-refractivity contribution is 5.46. The Balaban J connectivity index is 1.72. The quantitative estimate of drug-likeness (QED) is 0.359. The lowest BCUT2D eigenvalue weighted by Crippen LogP contribution is -2.45. The average molecular weight is 441 g/mol. The topological polar surface area (TPSA) is 24.9 Å². The fraction of sp³-hybridized carbons (Fsp3) is 0.571.